The molecule has 117 heavy (non-hydrogen) atoms. The van der Waals surface area contributed by atoms with Crippen LogP contribution in [0.4, 0.5) is 0 Å². The maximum Gasteiger partial charge on any atom is 0.322 e. The molecule has 0 spiro atoms. The molecule has 0 aromatic heterocycles. The van der Waals surface area contributed by atoms with Gasteiger partial charge in [0, 0.05) is 121 Å². The largest absolute Gasteiger partial charge is 0.550 e. The number of aliphatic carboxylic acids is 8. The van der Waals surface area contributed by atoms with E-state index in [9.17, 15) is 136 Å². The highest BCUT2D eigenvalue weighted by Crippen LogP contribution is 2.60. The van der Waals surface area contributed by atoms with Crippen molar-refractivity contribution in [2.24, 2.45) is 64.6 Å². The molecule has 0 aromatic carbocycles. The molecule has 9 fully saturated rings. The average Bonchev–Trinajstić information content (AvgIpc) is 1.54. The van der Waals surface area contributed by atoms with Crippen LogP contribution in [0.15, 0.2) is 0 Å². The van der Waals surface area contributed by atoms with E-state index in [2.05, 4.69) is 137 Å². The molecule has 40 nitrogen and oxygen atoms in total. The first-order chi connectivity index (χ1) is 54.2. The highest BCUT2D eigenvalue weighted by atomic mass is 79.9. The summed E-state index contributed by atoms with van der Waals surface area (Å²) in [4.78, 5) is 195. The number of alkyl halides is 8. The Morgan fingerprint density at radius 2 is 0.897 bits per heavy atom. The second kappa shape index (κ2) is 49.3. The number of hydrogen-bond acceptors (Lipinski definition) is 40. The van der Waals surface area contributed by atoms with Crippen LogP contribution in [-0.2, 0) is 153 Å². The molecular formula is C68H82Br8O40S-8. The molecule has 5 heterocycles. The van der Waals surface area contributed by atoms with Crippen LogP contribution in [0.3, 0.4) is 0 Å². The molecule has 22 unspecified atom stereocenters. The van der Waals surface area contributed by atoms with E-state index in [1.165, 1.54) is 6.92 Å². The van der Waals surface area contributed by atoms with Crippen LogP contribution in [0.2, 0.25) is 0 Å². The number of carboxylic acid groups (broad SMARTS) is 8. The van der Waals surface area contributed by atoms with E-state index in [-0.39, 0.29) is 87.9 Å². The Morgan fingerprint density at radius 1 is 0.462 bits per heavy atom. The van der Waals surface area contributed by atoms with Gasteiger partial charge in [0.25, 0.3) is 10.1 Å². The van der Waals surface area contributed by atoms with Gasteiger partial charge in [-0.15, -0.1) is 0 Å². The minimum absolute atomic E-state index is 0.0268. The third kappa shape index (κ3) is 32.5. The quantitative estimate of drug-likeness (QED) is 0.0271. The van der Waals surface area contributed by atoms with Crippen molar-refractivity contribution in [1.82, 2.24) is 0 Å². The van der Waals surface area contributed by atoms with E-state index in [4.69, 9.17) is 46.8 Å². The lowest BCUT2D eigenvalue weighted by Gasteiger charge is -2.33. The highest BCUT2D eigenvalue weighted by molar-refractivity contribution is 9.10. The first-order valence-electron chi connectivity index (χ1n) is 34.9. The summed E-state index contributed by atoms with van der Waals surface area (Å²) in [6.45, 7) is 15.4. The van der Waals surface area contributed by atoms with Crippen LogP contribution < -0.4 is 40.9 Å². The molecule has 0 aromatic rings. The van der Waals surface area contributed by atoms with Crippen molar-refractivity contribution >= 4 is 245 Å². The summed E-state index contributed by atoms with van der Waals surface area (Å²) >= 11 is 23.5. The van der Waals surface area contributed by atoms with Gasteiger partial charge in [-0.3, -0.25) is 52.1 Å². The van der Waals surface area contributed by atoms with Crippen LogP contribution >= 0.6 is 127 Å². The Kier molecular flexibility index (Phi) is 45.2. The third-order valence-corrected chi connectivity index (χ3v) is 23.6. The summed E-state index contributed by atoms with van der Waals surface area (Å²) in [5.41, 5.74) is -0.405. The van der Waals surface area contributed by atoms with Gasteiger partial charge in [-0.2, -0.15) is 8.42 Å². The van der Waals surface area contributed by atoms with Crippen molar-refractivity contribution in [2.75, 3.05) is 43.9 Å². The lowest BCUT2D eigenvalue weighted by atomic mass is 9.78. The van der Waals surface area contributed by atoms with E-state index in [1.54, 1.807) is 34.6 Å². The topological polar surface area (TPSA) is 637 Å². The number of carboxylic acids is 8. The van der Waals surface area contributed by atoms with Crippen LogP contribution in [0, 0.1) is 64.6 Å². The SMILES string of the molecule is CC(C)(Br)C(=O)OC1C2CC3C1OC(=O)C3C2C(=O)[O-].CC(C)(C)C(CC(=O)[O-])OC(=O)CBr.CC(C)C(CC(=O)[O-])OC(=O)CBr.CC(CC(=O)[O-])OC(=O)CBr.CCC(CC(=O)[O-])OC(=O)CBr.O=C(CBr)OC1C2CC3C1OS(=O)(=O)C3C2C(=O)[O-].O=C(CBr)OC1C2OC(=O)C3C2OC1C3C(=O)[O-].O=C([O-])CCOC(=O)CBr. The van der Waals surface area contributed by atoms with Crippen LogP contribution in [0.1, 0.15) is 114 Å². The molecule has 0 amide bonds. The van der Waals surface area contributed by atoms with Crippen molar-refractivity contribution in [3.05, 3.63) is 0 Å². The van der Waals surface area contributed by atoms with Crippen molar-refractivity contribution in [3.63, 3.8) is 0 Å². The minimum atomic E-state index is -3.92. The van der Waals surface area contributed by atoms with Crippen molar-refractivity contribution in [2.45, 2.75) is 197 Å². The first kappa shape index (κ1) is 107. The van der Waals surface area contributed by atoms with Gasteiger partial charge < -0.3 is 131 Å². The highest BCUT2D eigenvalue weighted by Gasteiger charge is 2.72. The number of esters is 10. The number of halogens is 8. The smallest absolute Gasteiger partial charge is 0.322 e. The molecule has 6 bridgehead atoms. The number of hydrogen-bond donors (Lipinski definition) is 0. The molecule has 4 saturated carbocycles. The molecule has 664 valence electrons. The third-order valence-electron chi connectivity index (χ3n) is 18.3. The van der Waals surface area contributed by atoms with Crippen molar-refractivity contribution < 1.29 is 192 Å². The number of carbonyl (C=O) groups is 18. The van der Waals surface area contributed by atoms with E-state index < -0.39 is 253 Å². The average molecular weight is 2210 g/mol. The van der Waals surface area contributed by atoms with Gasteiger partial charge in [0.1, 0.15) is 108 Å². The first-order valence-corrected chi connectivity index (χ1v) is 45.0. The zero-order chi connectivity index (χ0) is 90.0. The predicted octanol–water partition coefficient (Wildman–Crippen LogP) is -5.05. The molecule has 5 aliphatic heterocycles. The fourth-order valence-corrected chi connectivity index (χ4v) is 16.5. The fraction of sp³-hybridized carbons (Fsp3) is 0.735. The maximum absolute atomic E-state index is 12.0. The lowest BCUT2D eigenvalue weighted by Crippen LogP contribution is -2.51. The van der Waals surface area contributed by atoms with Gasteiger partial charge in [0.2, 0.25) is 0 Å². The molecule has 9 rings (SSSR count). The van der Waals surface area contributed by atoms with E-state index in [1.807, 2.05) is 20.8 Å². The maximum atomic E-state index is 12.0. The lowest BCUT2D eigenvalue weighted by molar-refractivity contribution is -0.316. The second-order valence-electron chi connectivity index (χ2n) is 28.4. The van der Waals surface area contributed by atoms with Crippen molar-refractivity contribution in [1.29, 1.82) is 0 Å². The normalized spacial score (nSPS) is 27.4. The Labute approximate surface area is 736 Å². The Morgan fingerprint density at radius 3 is 1.34 bits per heavy atom. The van der Waals surface area contributed by atoms with Gasteiger partial charge in [-0.25, -0.2) is 0 Å². The molecule has 4 aliphatic carbocycles. The van der Waals surface area contributed by atoms with E-state index in [0.717, 1.165) is 0 Å². The zero-order valence-corrected chi connectivity index (χ0v) is 76.9. The standard InChI is InChI=1S/C13H15BrO6.C10H11BrO7S.C10H9BrO7.C9H15BrO4.C8H13BrO4.C7H11BrO4.C6H9BrO4.C5H7BrO4/c1-13(2,14)12(18)20-9-4-3-5-7(6(4)10(15)16)11(17)19-8(5)9;11-2-5(12)17-7-3-1-4-8(7)18-19(15,16)9(4)6(3)10(13)14;11-1-2(12)16-7-5-3(9(13)14)4-6(17-5)8(7)18-10(4)15;1-9(2,3)6(4-7(11)12)14-8(13)5-10;1-5(2)6(3-7(10)11)13-8(12)4-9;1-2-5(3-6(9)10)12-7(11)4-8;1-4(2-5(8)9)11-6(10)3-7;6-3-5(9)10-2-1-4(7)8/h4-9H,3H2,1-2H3,(H,15,16);3-4,6-9H,1-2H2,(H,13,14);3-8H,1H2,(H,13,14);6H,4-5H2,1-3H3,(H,11,12);5-6H,3-4H2,1-2H3,(H,10,11);5H,2-4H2,1H3,(H,9,10);4H,2-3H2,1H3,(H,8,9);1-3H2,(H,7,8)/p-8. The number of fused-ring (bicyclic) bond motifs is 3. The molecule has 0 N–H and O–H groups in total. The van der Waals surface area contributed by atoms with Gasteiger partial charge in [-0.1, -0.05) is 169 Å². The van der Waals surface area contributed by atoms with Crippen molar-refractivity contribution in [3.8, 4) is 0 Å². The monoisotopic (exact) mass is 2200 g/mol. The minimum Gasteiger partial charge on any atom is -0.550 e. The van der Waals surface area contributed by atoms with Crippen LogP contribution in [-0.4, -0.2) is 243 Å². The summed E-state index contributed by atoms with van der Waals surface area (Å²) in [5, 5.41) is 83.3. The summed E-state index contributed by atoms with van der Waals surface area (Å²) < 4.78 is 82.6. The zero-order valence-electron chi connectivity index (χ0n) is 63.4. The number of carbonyl (C=O) groups excluding carboxylic acids is 18. The van der Waals surface area contributed by atoms with Crippen LogP contribution in [0.5, 0.6) is 0 Å². The predicted molar refractivity (Wildman–Crippen MR) is 400 cm³/mol. The van der Waals surface area contributed by atoms with E-state index >= 15 is 0 Å². The number of rotatable bonds is 31. The summed E-state index contributed by atoms with van der Waals surface area (Å²) in [6.07, 6.45) is -8.23. The Balaban J connectivity index is 0.000000459. The second-order valence-corrected chi connectivity index (χ2v) is 36.0. The van der Waals surface area contributed by atoms with Crippen LogP contribution in [0.25, 0.3) is 0 Å². The van der Waals surface area contributed by atoms with E-state index in [0.29, 0.717) is 19.3 Å². The van der Waals surface area contributed by atoms with Gasteiger partial charge >= 0.3 is 59.7 Å². The van der Waals surface area contributed by atoms with Gasteiger partial charge in [0.15, 0.2) is 12.2 Å². The summed E-state index contributed by atoms with van der Waals surface area (Å²) in [7, 11) is -3.92. The molecule has 9 aliphatic rings. The summed E-state index contributed by atoms with van der Waals surface area (Å²) in [5.74, 6) is -21.5. The summed E-state index contributed by atoms with van der Waals surface area (Å²) in [6, 6.07) is 0. The molecule has 49 heteroatoms. The van der Waals surface area contributed by atoms with Gasteiger partial charge in [0.05, 0.1) is 18.4 Å². The Hall–Kier alpha value is -5.83. The van der Waals surface area contributed by atoms with Gasteiger partial charge in [-0.05, 0) is 51.4 Å². The molecule has 0 radical (unpaired) electrons. The fourth-order valence-electron chi connectivity index (χ4n) is 13.4. The molecule has 22 atom stereocenters. The molecular weight excluding hydrogens is 2130 g/mol. The number of ether oxygens (including phenoxy) is 11. The Bertz CT molecular complexity index is 3680. The molecule has 5 saturated heterocycles.